The van der Waals surface area contributed by atoms with Crippen molar-refractivity contribution >= 4 is 5.78 Å². The Morgan fingerprint density at radius 3 is 2.90 bits per heavy atom. The van der Waals surface area contributed by atoms with E-state index in [1.54, 1.807) is 6.20 Å². The molecule has 0 aliphatic rings. The first-order valence-electron chi connectivity index (χ1n) is 7.07. The highest BCUT2D eigenvalue weighted by Gasteiger charge is 2.14. The second kappa shape index (κ2) is 7.01. The fraction of sp³-hybridized carbons (Fsp3) is 0.375. The zero-order chi connectivity index (χ0) is 14.4. The molecule has 0 unspecified atom stereocenters. The van der Waals surface area contributed by atoms with Gasteiger partial charge in [-0.1, -0.05) is 31.2 Å². The van der Waals surface area contributed by atoms with Gasteiger partial charge in [-0.2, -0.15) is 0 Å². The number of carbonyl (C=O) groups excluding carboxylic acids is 1. The number of nitrogens with two attached hydrogens (primary N) is 1. The third-order valence-electron chi connectivity index (χ3n) is 3.32. The van der Waals surface area contributed by atoms with Crippen molar-refractivity contribution in [2.24, 2.45) is 5.73 Å². The van der Waals surface area contributed by atoms with Crippen LogP contribution in [0.4, 0.5) is 0 Å². The molecular weight excluding hydrogens is 250 g/mol. The van der Waals surface area contributed by atoms with Gasteiger partial charge in [0.2, 0.25) is 0 Å². The largest absolute Gasteiger partial charge is 0.335 e. The molecule has 1 heterocycles. The van der Waals surface area contributed by atoms with Gasteiger partial charge in [-0.3, -0.25) is 4.79 Å². The van der Waals surface area contributed by atoms with Crippen LogP contribution in [0.3, 0.4) is 0 Å². The molecule has 0 radical (unpaired) electrons. The van der Waals surface area contributed by atoms with Gasteiger partial charge in [0.15, 0.2) is 5.78 Å². The lowest BCUT2D eigenvalue weighted by Crippen LogP contribution is -2.13. The van der Waals surface area contributed by atoms with Crippen molar-refractivity contribution in [3.63, 3.8) is 0 Å². The highest BCUT2D eigenvalue weighted by molar-refractivity contribution is 5.98. The Bertz CT molecular complexity index is 575. The summed E-state index contributed by atoms with van der Waals surface area (Å²) in [6, 6.07) is 7.69. The molecule has 4 nitrogen and oxygen atoms in total. The number of benzene rings is 1. The van der Waals surface area contributed by atoms with Crippen LogP contribution in [0.15, 0.2) is 36.7 Å². The van der Waals surface area contributed by atoms with Crippen LogP contribution in [0.2, 0.25) is 0 Å². The minimum absolute atomic E-state index is 0.109. The average Bonchev–Trinajstić information content (AvgIpc) is 2.87. The molecule has 0 fully saturated rings. The Hall–Kier alpha value is -1.94. The van der Waals surface area contributed by atoms with Crippen LogP contribution in [-0.2, 0) is 19.4 Å². The summed E-state index contributed by atoms with van der Waals surface area (Å²) in [5.74, 6) is 0.942. The highest BCUT2D eigenvalue weighted by atomic mass is 16.1. The Labute approximate surface area is 119 Å². The standard InChI is InChI=1S/C16H21N3O/c1-2-10-19-11-9-18-16(19)12-15(20)14-6-4-3-5-13(14)7-8-17/h3-6,9,11H,2,7-8,10,12,17H2,1H3. The maximum atomic E-state index is 12.5. The van der Waals surface area contributed by atoms with E-state index in [0.717, 1.165) is 36.3 Å². The SMILES string of the molecule is CCCn1ccnc1CC(=O)c1ccccc1CCN. The molecule has 0 aliphatic heterocycles. The first-order chi connectivity index (χ1) is 9.76. The van der Waals surface area contributed by atoms with Gasteiger partial charge < -0.3 is 10.3 Å². The lowest BCUT2D eigenvalue weighted by molar-refractivity contribution is 0.0989. The third kappa shape index (κ3) is 3.33. The summed E-state index contributed by atoms with van der Waals surface area (Å²) >= 11 is 0. The molecule has 4 heteroatoms. The molecule has 2 rings (SSSR count). The van der Waals surface area contributed by atoms with Gasteiger partial charge in [0, 0.05) is 24.5 Å². The van der Waals surface area contributed by atoms with Gasteiger partial charge in [0.1, 0.15) is 5.82 Å². The van der Waals surface area contributed by atoms with Crippen molar-refractivity contribution in [1.29, 1.82) is 0 Å². The number of hydrogen-bond acceptors (Lipinski definition) is 3. The second-order valence-electron chi connectivity index (χ2n) is 4.83. The molecule has 106 valence electrons. The number of aryl methyl sites for hydroxylation is 1. The zero-order valence-corrected chi connectivity index (χ0v) is 11.9. The topological polar surface area (TPSA) is 60.9 Å². The van der Waals surface area contributed by atoms with Gasteiger partial charge in [0.05, 0.1) is 6.42 Å². The van der Waals surface area contributed by atoms with E-state index in [1.165, 1.54) is 0 Å². The molecule has 0 aliphatic carbocycles. The Morgan fingerprint density at radius 2 is 2.15 bits per heavy atom. The van der Waals surface area contributed by atoms with E-state index in [9.17, 15) is 4.79 Å². The molecule has 20 heavy (non-hydrogen) atoms. The first kappa shape index (κ1) is 14.5. The van der Waals surface area contributed by atoms with Gasteiger partial charge in [-0.15, -0.1) is 0 Å². The number of Topliss-reactive ketones (excluding diaryl/α,β-unsaturated/α-hetero) is 1. The van der Waals surface area contributed by atoms with Crippen molar-refractivity contribution in [3.05, 3.63) is 53.6 Å². The number of carbonyl (C=O) groups is 1. The second-order valence-corrected chi connectivity index (χ2v) is 4.83. The first-order valence-corrected chi connectivity index (χ1v) is 7.07. The van der Waals surface area contributed by atoms with Crippen LogP contribution in [0.1, 0.15) is 35.1 Å². The number of nitrogens with zero attached hydrogens (tertiary/aromatic N) is 2. The molecule has 0 saturated heterocycles. The summed E-state index contributed by atoms with van der Waals surface area (Å²) < 4.78 is 2.05. The average molecular weight is 271 g/mol. The quantitative estimate of drug-likeness (QED) is 0.785. The van der Waals surface area contributed by atoms with Crippen molar-refractivity contribution in [2.75, 3.05) is 6.54 Å². The normalized spacial score (nSPS) is 10.7. The number of imidazole rings is 1. The molecule has 1 aromatic carbocycles. The summed E-state index contributed by atoms with van der Waals surface area (Å²) in [7, 11) is 0. The van der Waals surface area contributed by atoms with Crippen molar-refractivity contribution < 1.29 is 4.79 Å². The summed E-state index contributed by atoms with van der Waals surface area (Å²) in [6.07, 6.45) is 5.78. The van der Waals surface area contributed by atoms with E-state index >= 15 is 0 Å². The fourth-order valence-corrected chi connectivity index (χ4v) is 2.36. The summed E-state index contributed by atoms with van der Waals surface area (Å²) in [6.45, 7) is 3.56. The summed E-state index contributed by atoms with van der Waals surface area (Å²) in [4.78, 5) is 16.8. The summed E-state index contributed by atoms with van der Waals surface area (Å²) in [5, 5.41) is 0. The predicted octanol–water partition coefficient (Wildman–Crippen LogP) is 2.22. The van der Waals surface area contributed by atoms with E-state index < -0.39 is 0 Å². The lowest BCUT2D eigenvalue weighted by Gasteiger charge is -2.09. The minimum atomic E-state index is 0.109. The van der Waals surface area contributed by atoms with Gasteiger partial charge in [-0.25, -0.2) is 4.98 Å². The monoisotopic (exact) mass is 271 g/mol. The van der Waals surface area contributed by atoms with Crippen molar-refractivity contribution in [2.45, 2.75) is 32.7 Å². The number of rotatable bonds is 7. The maximum Gasteiger partial charge on any atom is 0.170 e. The van der Waals surface area contributed by atoms with Gasteiger partial charge in [-0.05, 0) is 24.9 Å². The van der Waals surface area contributed by atoms with Crippen LogP contribution in [0.25, 0.3) is 0 Å². The summed E-state index contributed by atoms with van der Waals surface area (Å²) in [5.41, 5.74) is 7.39. The van der Waals surface area contributed by atoms with Crippen LogP contribution in [0, 0.1) is 0 Å². The smallest absolute Gasteiger partial charge is 0.170 e. The Balaban J connectivity index is 2.17. The van der Waals surface area contributed by atoms with Crippen LogP contribution in [0.5, 0.6) is 0 Å². The molecule has 0 saturated carbocycles. The lowest BCUT2D eigenvalue weighted by atomic mass is 9.99. The molecule has 1 aromatic heterocycles. The Morgan fingerprint density at radius 1 is 1.35 bits per heavy atom. The van der Waals surface area contributed by atoms with Gasteiger partial charge >= 0.3 is 0 Å². The third-order valence-corrected chi connectivity index (χ3v) is 3.32. The van der Waals surface area contributed by atoms with E-state index in [2.05, 4.69) is 11.9 Å². The molecule has 0 amide bonds. The molecule has 0 atom stereocenters. The minimum Gasteiger partial charge on any atom is -0.335 e. The number of aromatic nitrogens is 2. The van der Waals surface area contributed by atoms with Crippen LogP contribution in [-0.4, -0.2) is 21.9 Å². The fourth-order valence-electron chi connectivity index (χ4n) is 2.36. The van der Waals surface area contributed by atoms with Crippen molar-refractivity contribution in [3.8, 4) is 0 Å². The van der Waals surface area contributed by atoms with Crippen LogP contribution >= 0.6 is 0 Å². The zero-order valence-electron chi connectivity index (χ0n) is 11.9. The van der Waals surface area contributed by atoms with E-state index in [4.69, 9.17) is 5.73 Å². The molecular formula is C16H21N3O. The van der Waals surface area contributed by atoms with Crippen LogP contribution < -0.4 is 5.73 Å². The molecule has 2 N–H and O–H groups in total. The van der Waals surface area contributed by atoms with E-state index in [1.807, 2.05) is 35.0 Å². The van der Waals surface area contributed by atoms with Crippen molar-refractivity contribution in [1.82, 2.24) is 9.55 Å². The number of ketones is 1. The molecule has 0 bridgehead atoms. The Kier molecular flexibility index (Phi) is 5.07. The highest BCUT2D eigenvalue weighted by Crippen LogP contribution is 2.13. The molecule has 0 spiro atoms. The van der Waals surface area contributed by atoms with E-state index in [0.29, 0.717) is 13.0 Å². The van der Waals surface area contributed by atoms with E-state index in [-0.39, 0.29) is 5.78 Å². The predicted molar refractivity (Wildman–Crippen MR) is 79.8 cm³/mol. The van der Waals surface area contributed by atoms with Gasteiger partial charge in [0.25, 0.3) is 0 Å². The molecule has 2 aromatic rings. The maximum absolute atomic E-state index is 12.5. The number of hydrogen-bond donors (Lipinski definition) is 1.